The molecule has 1 saturated heterocycles. The lowest BCUT2D eigenvalue weighted by atomic mass is 10.0. The van der Waals surface area contributed by atoms with Crippen LogP contribution in [0.2, 0.25) is 0 Å². The molecular formula is C19H19NO. The van der Waals surface area contributed by atoms with Crippen molar-refractivity contribution >= 4 is 0 Å². The zero-order chi connectivity index (χ0) is 14.7. The van der Waals surface area contributed by atoms with Crippen molar-refractivity contribution in [2.75, 3.05) is 7.05 Å². The first-order chi connectivity index (χ1) is 10.3. The van der Waals surface area contributed by atoms with Crippen LogP contribution in [-0.4, -0.2) is 24.2 Å². The van der Waals surface area contributed by atoms with Gasteiger partial charge in [0.05, 0.1) is 0 Å². The highest BCUT2D eigenvalue weighted by atomic mass is 16.5. The predicted octanol–water partition coefficient (Wildman–Crippen LogP) is 3.46. The van der Waals surface area contributed by atoms with Crippen molar-refractivity contribution in [1.29, 1.82) is 0 Å². The molecule has 0 aliphatic carbocycles. The van der Waals surface area contributed by atoms with Crippen molar-refractivity contribution in [3.8, 4) is 11.8 Å². The lowest BCUT2D eigenvalue weighted by molar-refractivity contribution is 0.0471. The summed E-state index contributed by atoms with van der Waals surface area (Å²) in [6.07, 6.45) is -0.0864. The van der Waals surface area contributed by atoms with E-state index in [1.165, 1.54) is 5.56 Å². The Kier molecular flexibility index (Phi) is 4.06. The molecule has 0 bridgehead atoms. The molecule has 0 saturated carbocycles. The van der Waals surface area contributed by atoms with E-state index in [1.807, 2.05) is 48.5 Å². The minimum atomic E-state index is -0.162. The summed E-state index contributed by atoms with van der Waals surface area (Å²) < 4.78 is 6.15. The molecule has 2 aromatic rings. The zero-order valence-corrected chi connectivity index (χ0v) is 12.4. The molecule has 1 fully saturated rings. The molecule has 2 heteroatoms. The van der Waals surface area contributed by atoms with E-state index >= 15 is 0 Å². The Balaban J connectivity index is 1.78. The van der Waals surface area contributed by atoms with Crippen LogP contribution in [0.15, 0.2) is 60.7 Å². The quantitative estimate of drug-likeness (QED) is 0.740. The topological polar surface area (TPSA) is 12.5 Å². The Labute approximate surface area is 126 Å². The fourth-order valence-electron chi connectivity index (χ4n) is 2.58. The van der Waals surface area contributed by atoms with Gasteiger partial charge in [-0.25, -0.2) is 0 Å². The van der Waals surface area contributed by atoms with Crippen LogP contribution < -0.4 is 0 Å². The molecule has 2 nitrogen and oxygen atoms in total. The second kappa shape index (κ2) is 6.13. The first-order valence-corrected chi connectivity index (χ1v) is 7.24. The first kappa shape index (κ1) is 13.9. The lowest BCUT2D eigenvalue weighted by Gasteiger charge is -2.18. The van der Waals surface area contributed by atoms with Gasteiger partial charge >= 0.3 is 0 Å². The van der Waals surface area contributed by atoms with Gasteiger partial charge in [0, 0.05) is 11.6 Å². The summed E-state index contributed by atoms with van der Waals surface area (Å²) in [7, 11) is 2.07. The average Bonchev–Trinajstić information content (AvgIpc) is 2.83. The third-order valence-electron chi connectivity index (χ3n) is 3.97. The Hall–Kier alpha value is -2.08. The number of rotatable bonds is 1. The van der Waals surface area contributed by atoms with E-state index in [2.05, 4.69) is 42.8 Å². The van der Waals surface area contributed by atoms with Crippen molar-refractivity contribution < 1.29 is 4.74 Å². The molecule has 3 rings (SSSR count). The molecule has 0 radical (unpaired) electrons. The number of hydrogen-bond donors (Lipinski definition) is 0. The molecule has 3 atom stereocenters. The third-order valence-corrected chi connectivity index (χ3v) is 3.97. The summed E-state index contributed by atoms with van der Waals surface area (Å²) in [5, 5.41) is 0. The van der Waals surface area contributed by atoms with E-state index in [9.17, 15) is 0 Å². The molecule has 0 spiro atoms. The largest absolute Gasteiger partial charge is 0.342 e. The van der Waals surface area contributed by atoms with Gasteiger partial charge in [-0.05, 0) is 37.6 Å². The fourth-order valence-corrected chi connectivity index (χ4v) is 2.58. The number of hydrogen-bond acceptors (Lipinski definition) is 2. The molecule has 1 heterocycles. The van der Waals surface area contributed by atoms with Gasteiger partial charge in [0.2, 0.25) is 0 Å². The molecule has 1 aliphatic rings. The monoisotopic (exact) mass is 277 g/mol. The highest BCUT2D eigenvalue weighted by molar-refractivity contribution is 5.35. The van der Waals surface area contributed by atoms with E-state index < -0.39 is 0 Å². The number of ether oxygens (including phenoxy) is 1. The molecule has 0 unspecified atom stereocenters. The minimum absolute atomic E-state index is 0.0753. The lowest BCUT2D eigenvalue weighted by Crippen LogP contribution is -2.30. The van der Waals surface area contributed by atoms with Crippen LogP contribution in [0.5, 0.6) is 0 Å². The van der Waals surface area contributed by atoms with Gasteiger partial charge in [0.1, 0.15) is 6.10 Å². The van der Waals surface area contributed by atoms with Crippen molar-refractivity contribution in [3.05, 3.63) is 71.8 Å². The maximum Gasteiger partial charge on any atom is 0.175 e. The molecule has 106 valence electrons. The SMILES string of the molecule is C[C@H]1[C@@H](c2ccccc2)O[C@@H](C#Cc2ccccc2)N1C. The van der Waals surface area contributed by atoms with Gasteiger partial charge in [0.15, 0.2) is 6.23 Å². The van der Waals surface area contributed by atoms with E-state index in [4.69, 9.17) is 4.74 Å². The summed E-state index contributed by atoms with van der Waals surface area (Å²) >= 11 is 0. The molecule has 0 amide bonds. The van der Waals surface area contributed by atoms with Crippen LogP contribution in [0.25, 0.3) is 0 Å². The average molecular weight is 277 g/mol. The normalized spacial score (nSPS) is 25.3. The second-order valence-electron chi connectivity index (χ2n) is 5.36. The summed E-state index contributed by atoms with van der Waals surface area (Å²) in [6.45, 7) is 2.18. The molecule has 1 aliphatic heterocycles. The Morgan fingerprint density at radius 1 is 0.952 bits per heavy atom. The molecule has 2 aromatic carbocycles. The van der Waals surface area contributed by atoms with Gasteiger partial charge < -0.3 is 4.74 Å². The van der Waals surface area contributed by atoms with Gasteiger partial charge in [0.25, 0.3) is 0 Å². The smallest absolute Gasteiger partial charge is 0.175 e. The number of nitrogens with zero attached hydrogens (tertiary/aromatic N) is 1. The summed E-state index contributed by atoms with van der Waals surface area (Å²) in [5.41, 5.74) is 2.23. The highest BCUT2D eigenvalue weighted by Gasteiger charge is 2.36. The van der Waals surface area contributed by atoms with Crippen LogP contribution in [-0.2, 0) is 4.74 Å². The second-order valence-corrected chi connectivity index (χ2v) is 5.36. The Bertz CT molecular complexity index is 642. The van der Waals surface area contributed by atoms with E-state index in [-0.39, 0.29) is 12.3 Å². The highest BCUT2D eigenvalue weighted by Crippen LogP contribution is 2.33. The van der Waals surface area contributed by atoms with Crippen molar-refractivity contribution in [2.45, 2.75) is 25.3 Å². The molecule has 0 N–H and O–H groups in total. The summed E-state index contributed by atoms with van der Waals surface area (Å²) in [6, 6.07) is 20.7. The van der Waals surface area contributed by atoms with Crippen molar-refractivity contribution in [1.82, 2.24) is 4.90 Å². The fraction of sp³-hybridized carbons (Fsp3) is 0.263. The minimum Gasteiger partial charge on any atom is -0.342 e. The van der Waals surface area contributed by atoms with Gasteiger partial charge in [-0.3, -0.25) is 4.90 Å². The zero-order valence-electron chi connectivity index (χ0n) is 12.4. The molecule has 0 aromatic heterocycles. The van der Waals surface area contributed by atoms with Crippen molar-refractivity contribution in [2.24, 2.45) is 0 Å². The summed E-state index contributed by atoms with van der Waals surface area (Å²) in [5.74, 6) is 6.42. The maximum atomic E-state index is 6.15. The van der Waals surface area contributed by atoms with Gasteiger partial charge in [-0.15, -0.1) is 0 Å². The van der Waals surface area contributed by atoms with E-state index in [0.717, 1.165) is 5.56 Å². The van der Waals surface area contributed by atoms with Gasteiger partial charge in [-0.2, -0.15) is 0 Å². The van der Waals surface area contributed by atoms with Crippen LogP contribution in [0.3, 0.4) is 0 Å². The number of benzene rings is 2. The third kappa shape index (κ3) is 3.00. The van der Waals surface area contributed by atoms with Crippen LogP contribution in [0.1, 0.15) is 24.2 Å². The van der Waals surface area contributed by atoms with Crippen LogP contribution >= 0.6 is 0 Å². The molecular weight excluding hydrogens is 258 g/mol. The van der Waals surface area contributed by atoms with Gasteiger partial charge in [-0.1, -0.05) is 54.5 Å². The molecule has 21 heavy (non-hydrogen) atoms. The summed E-state index contributed by atoms with van der Waals surface area (Å²) in [4.78, 5) is 2.19. The number of likely N-dealkylation sites (N-methyl/N-ethyl adjacent to an activating group) is 1. The Morgan fingerprint density at radius 2 is 1.57 bits per heavy atom. The van der Waals surface area contributed by atoms with Crippen molar-refractivity contribution in [3.63, 3.8) is 0 Å². The standard InChI is InChI=1S/C19H19NO/c1-15-19(17-11-7-4-8-12-17)21-18(20(15)2)14-13-16-9-5-3-6-10-16/h3-12,15,18-19H,1-2H3/t15-,18-,19-/m0/s1. The van der Waals surface area contributed by atoms with Crippen LogP contribution in [0, 0.1) is 11.8 Å². The predicted molar refractivity (Wildman–Crippen MR) is 84.6 cm³/mol. The first-order valence-electron chi connectivity index (χ1n) is 7.24. The van der Waals surface area contributed by atoms with Crippen LogP contribution in [0.4, 0.5) is 0 Å². The van der Waals surface area contributed by atoms with E-state index in [0.29, 0.717) is 6.04 Å². The maximum absolute atomic E-state index is 6.15. The van der Waals surface area contributed by atoms with E-state index in [1.54, 1.807) is 0 Å². The Morgan fingerprint density at radius 3 is 2.24 bits per heavy atom.